The van der Waals surface area contributed by atoms with E-state index in [1.54, 1.807) is 0 Å². The predicted octanol–water partition coefficient (Wildman–Crippen LogP) is 1.56. The largest absolute Gasteiger partial charge is 0.333 e. The lowest BCUT2D eigenvalue weighted by Gasteiger charge is -1.66. The van der Waals surface area contributed by atoms with Crippen LogP contribution in [0, 0.1) is 0 Å². The van der Waals surface area contributed by atoms with E-state index < -0.39 is 0 Å². The first-order chi connectivity index (χ1) is 3.91. The smallest absolute Gasteiger partial charge is 0.138 e. The summed E-state index contributed by atoms with van der Waals surface area (Å²) in [6, 6.07) is 0. The molecule has 8 heavy (non-hydrogen) atoms. The molecule has 0 aromatic carbocycles. The third-order valence-corrected chi connectivity index (χ3v) is 0.866. The van der Waals surface area contributed by atoms with Gasteiger partial charge in [0.05, 0.1) is 0 Å². The lowest BCUT2D eigenvalue weighted by atomic mass is 10.2. The third-order valence-electron chi connectivity index (χ3n) is 0.289. The van der Waals surface area contributed by atoms with Crippen molar-refractivity contribution in [1.82, 2.24) is 0 Å². The third kappa shape index (κ3) is 90.7. The Morgan fingerprint density at radius 3 is 1.38 bits per heavy atom. The second-order valence-electron chi connectivity index (χ2n) is 0.577. The maximum atomic E-state index is 4.50. The summed E-state index contributed by atoms with van der Waals surface area (Å²) in [7, 11) is 2.52. The van der Waals surface area contributed by atoms with E-state index in [4.69, 9.17) is 0 Å². The fourth-order valence-electron chi connectivity index (χ4n) is 0. The fourth-order valence-corrected chi connectivity index (χ4v) is 0. The van der Waals surface area contributed by atoms with Crippen LogP contribution in [0.25, 0.3) is 0 Å². The number of hydrogen-bond donors (Lipinski definition) is 1. The zero-order valence-electron chi connectivity index (χ0n) is 6.65. The van der Waals surface area contributed by atoms with Crippen molar-refractivity contribution >= 4 is 15.5 Å². The monoisotopic (exact) mass is 134 g/mol. The van der Waals surface area contributed by atoms with Crippen LogP contribution in [-0.2, 0) is 0 Å². The van der Waals surface area contributed by atoms with Crippen LogP contribution in [0.2, 0.25) is 6.82 Å². The van der Waals surface area contributed by atoms with Gasteiger partial charge in [0.1, 0.15) is 7.00 Å². The molecule has 0 amide bonds. The molecule has 0 saturated heterocycles. The van der Waals surface area contributed by atoms with E-state index in [9.17, 15) is 0 Å². The Bertz CT molecular complexity index is 14.4. The first-order valence-corrected chi connectivity index (χ1v) is 4.52. The van der Waals surface area contributed by atoms with Gasteiger partial charge in [0, 0.05) is 0 Å². The van der Waals surface area contributed by atoms with Crippen molar-refractivity contribution in [3.05, 3.63) is 0 Å². The highest BCUT2D eigenvalue weighted by Crippen LogP contribution is 1.92. The van der Waals surface area contributed by atoms with Gasteiger partial charge in [0.2, 0.25) is 0 Å². The number of hydrogen-bond acceptors (Lipinski definition) is 1. The summed E-state index contributed by atoms with van der Waals surface area (Å²) in [6.07, 6.45) is 0. The van der Waals surface area contributed by atoms with Crippen molar-refractivity contribution in [2.45, 2.75) is 20.7 Å². The van der Waals surface area contributed by atoms with Gasteiger partial charge < -0.3 is 5.73 Å². The molecule has 0 aliphatic rings. The summed E-state index contributed by atoms with van der Waals surface area (Å²) >= 11 is 0. The topological polar surface area (TPSA) is 26.0 Å². The zero-order valence-corrected chi connectivity index (χ0v) is 7.65. The Morgan fingerprint density at radius 1 is 1.25 bits per heavy atom. The van der Waals surface area contributed by atoms with E-state index in [0.717, 1.165) is 8.46 Å². The maximum Gasteiger partial charge on any atom is 0.138 e. The molecule has 0 spiro atoms. The van der Waals surface area contributed by atoms with E-state index in [1.807, 2.05) is 13.8 Å². The Labute approximate surface area is 56.4 Å². The Kier molecular flexibility index (Phi) is 102. The SMILES string of the molecule is CC.CN.C[B]PC. The molecule has 1 nitrogen and oxygen atoms in total. The van der Waals surface area contributed by atoms with Crippen LogP contribution in [0.3, 0.4) is 0 Å². The van der Waals surface area contributed by atoms with Crippen LogP contribution in [0.5, 0.6) is 0 Å². The van der Waals surface area contributed by atoms with Gasteiger partial charge in [-0.1, -0.05) is 27.3 Å². The van der Waals surface area contributed by atoms with E-state index in [2.05, 4.69) is 26.2 Å². The highest BCUT2D eigenvalue weighted by molar-refractivity contribution is 7.70. The summed E-state index contributed by atoms with van der Waals surface area (Å²) in [5, 5.41) is 0. The average molecular weight is 134 g/mol. The van der Waals surface area contributed by atoms with Gasteiger partial charge in [-0.25, -0.2) is 0 Å². The minimum absolute atomic E-state index is 1.02. The van der Waals surface area contributed by atoms with Gasteiger partial charge in [-0.05, 0) is 7.05 Å². The van der Waals surface area contributed by atoms with Gasteiger partial charge >= 0.3 is 0 Å². The molecule has 0 aromatic heterocycles. The first-order valence-electron chi connectivity index (χ1n) is 2.94. The molecule has 0 aliphatic heterocycles. The Morgan fingerprint density at radius 2 is 1.38 bits per heavy atom. The fraction of sp³-hybridized carbons (Fsp3) is 1.00. The summed E-state index contributed by atoms with van der Waals surface area (Å²) < 4.78 is 0. The van der Waals surface area contributed by atoms with Gasteiger partial charge in [0.25, 0.3) is 0 Å². The molecule has 51 valence electrons. The number of rotatable bonds is 1. The van der Waals surface area contributed by atoms with Crippen LogP contribution >= 0.6 is 8.46 Å². The van der Waals surface area contributed by atoms with Crippen LogP contribution in [0.1, 0.15) is 13.8 Å². The molecule has 0 aromatic rings. The first kappa shape index (κ1) is 15.8. The Hall–Kier alpha value is 0.455. The van der Waals surface area contributed by atoms with E-state index in [1.165, 1.54) is 7.05 Å². The average Bonchev–Trinajstić information content (AvgIpc) is 1.96. The molecule has 1 radical (unpaired) electrons. The second kappa shape index (κ2) is 51.5. The quantitative estimate of drug-likeness (QED) is 0.427. The molecular formula is C5H18BNP. The maximum absolute atomic E-state index is 4.50. The van der Waals surface area contributed by atoms with Crippen molar-refractivity contribution in [1.29, 1.82) is 0 Å². The summed E-state index contributed by atoms with van der Waals surface area (Å²) in [4.78, 5) is 0. The summed E-state index contributed by atoms with van der Waals surface area (Å²) in [6.45, 7) is 10.4. The molecule has 0 rings (SSSR count). The van der Waals surface area contributed by atoms with E-state index in [0.29, 0.717) is 0 Å². The summed E-state index contributed by atoms with van der Waals surface area (Å²) in [5.41, 5.74) is 4.50. The summed E-state index contributed by atoms with van der Waals surface area (Å²) in [5.74, 6) is 0. The molecule has 1 atom stereocenters. The molecular weight excluding hydrogens is 116 g/mol. The van der Waals surface area contributed by atoms with Crippen molar-refractivity contribution in [2.24, 2.45) is 5.73 Å². The van der Waals surface area contributed by atoms with Crippen molar-refractivity contribution in [2.75, 3.05) is 13.7 Å². The second-order valence-corrected chi connectivity index (χ2v) is 1.73. The van der Waals surface area contributed by atoms with Crippen LogP contribution < -0.4 is 5.73 Å². The lowest BCUT2D eigenvalue weighted by Crippen LogP contribution is -1.69. The van der Waals surface area contributed by atoms with Crippen LogP contribution in [-0.4, -0.2) is 20.7 Å². The zero-order chi connectivity index (χ0) is 7.41. The van der Waals surface area contributed by atoms with E-state index in [-0.39, 0.29) is 0 Å². The molecule has 0 bridgehead atoms. The normalized spacial score (nSPS) is 6.25. The molecule has 2 N–H and O–H groups in total. The molecule has 0 heterocycles. The van der Waals surface area contributed by atoms with Gasteiger partial charge in [0.15, 0.2) is 0 Å². The standard InChI is InChI=1S/C2H7BP.C2H6.CH5N/c1-3-4-2;2*1-2/h4H,1-2H3;1-2H3;2H2,1H3. The minimum Gasteiger partial charge on any atom is -0.333 e. The molecule has 0 aliphatic carbocycles. The van der Waals surface area contributed by atoms with Gasteiger partial charge in [-0.2, -0.15) is 8.46 Å². The van der Waals surface area contributed by atoms with Crippen molar-refractivity contribution in [3.63, 3.8) is 0 Å². The molecule has 0 fully saturated rings. The Balaban J connectivity index is -0.0000000542. The van der Waals surface area contributed by atoms with E-state index >= 15 is 0 Å². The molecule has 3 heteroatoms. The van der Waals surface area contributed by atoms with Gasteiger partial charge in [-0.15, -0.1) is 0 Å². The minimum atomic E-state index is 1.02. The van der Waals surface area contributed by atoms with Crippen molar-refractivity contribution < 1.29 is 0 Å². The lowest BCUT2D eigenvalue weighted by molar-refractivity contribution is 1.48. The predicted molar refractivity (Wildman–Crippen MR) is 47.3 cm³/mol. The van der Waals surface area contributed by atoms with Gasteiger partial charge in [-0.3, -0.25) is 0 Å². The highest BCUT2D eigenvalue weighted by Gasteiger charge is 1.60. The van der Waals surface area contributed by atoms with Crippen LogP contribution in [0.15, 0.2) is 0 Å². The van der Waals surface area contributed by atoms with Crippen molar-refractivity contribution in [3.8, 4) is 0 Å². The highest BCUT2D eigenvalue weighted by atomic mass is 31.1. The molecule has 0 saturated carbocycles. The number of nitrogens with two attached hydrogens (primary N) is 1. The van der Waals surface area contributed by atoms with Crippen LogP contribution in [0.4, 0.5) is 0 Å². The molecule has 1 unspecified atom stereocenters.